The standard InChI is InChI=1S/C11H17FN2O2S/c1-8-3-4-10(7-11(8)12)9(2)14-17(15,16)6-5-13/h3-4,7,9,14H,5-6,13H2,1-2H3. The summed E-state index contributed by atoms with van der Waals surface area (Å²) in [6.45, 7) is 3.38. The van der Waals surface area contributed by atoms with Gasteiger partial charge in [0.2, 0.25) is 10.0 Å². The van der Waals surface area contributed by atoms with E-state index in [0.717, 1.165) is 0 Å². The molecule has 0 amide bonds. The molecule has 0 bridgehead atoms. The molecule has 0 spiro atoms. The molecule has 1 rings (SSSR count). The fourth-order valence-electron chi connectivity index (χ4n) is 1.43. The summed E-state index contributed by atoms with van der Waals surface area (Å²) < 4.78 is 38.7. The average Bonchev–Trinajstić information content (AvgIpc) is 2.21. The van der Waals surface area contributed by atoms with E-state index >= 15 is 0 Å². The van der Waals surface area contributed by atoms with Gasteiger partial charge in [0, 0.05) is 12.6 Å². The maximum Gasteiger partial charge on any atom is 0.213 e. The van der Waals surface area contributed by atoms with Crippen LogP contribution in [0.5, 0.6) is 0 Å². The fourth-order valence-corrected chi connectivity index (χ4v) is 2.53. The molecule has 0 heterocycles. The third kappa shape index (κ3) is 4.07. The zero-order valence-electron chi connectivity index (χ0n) is 9.90. The Kier molecular flexibility index (Phi) is 4.62. The Morgan fingerprint density at radius 2 is 2.12 bits per heavy atom. The van der Waals surface area contributed by atoms with Crippen LogP contribution in [-0.2, 0) is 10.0 Å². The van der Waals surface area contributed by atoms with Crippen molar-refractivity contribution in [3.8, 4) is 0 Å². The molecule has 6 heteroatoms. The van der Waals surface area contributed by atoms with Crippen LogP contribution in [0.1, 0.15) is 24.1 Å². The van der Waals surface area contributed by atoms with Crippen molar-refractivity contribution >= 4 is 10.0 Å². The first-order chi connectivity index (χ1) is 7.85. The van der Waals surface area contributed by atoms with Crippen LogP contribution >= 0.6 is 0 Å². The van der Waals surface area contributed by atoms with Crippen LogP contribution in [-0.4, -0.2) is 20.7 Å². The number of nitrogens with two attached hydrogens (primary N) is 1. The van der Waals surface area contributed by atoms with E-state index in [1.165, 1.54) is 6.07 Å². The monoisotopic (exact) mass is 260 g/mol. The molecular weight excluding hydrogens is 243 g/mol. The summed E-state index contributed by atoms with van der Waals surface area (Å²) in [6.07, 6.45) is 0. The Balaban J connectivity index is 2.83. The number of sulfonamides is 1. The van der Waals surface area contributed by atoms with Crippen molar-refractivity contribution in [2.75, 3.05) is 12.3 Å². The van der Waals surface area contributed by atoms with Gasteiger partial charge in [-0.15, -0.1) is 0 Å². The summed E-state index contributed by atoms with van der Waals surface area (Å²) in [4.78, 5) is 0. The molecule has 4 nitrogen and oxygen atoms in total. The smallest absolute Gasteiger partial charge is 0.213 e. The van der Waals surface area contributed by atoms with Crippen LogP contribution in [0.2, 0.25) is 0 Å². The van der Waals surface area contributed by atoms with Crippen molar-refractivity contribution in [3.05, 3.63) is 35.1 Å². The first-order valence-corrected chi connectivity index (χ1v) is 6.97. The van der Waals surface area contributed by atoms with Gasteiger partial charge in [0.1, 0.15) is 5.82 Å². The minimum Gasteiger partial charge on any atom is -0.329 e. The molecule has 96 valence electrons. The molecule has 0 saturated carbocycles. The largest absolute Gasteiger partial charge is 0.329 e. The highest BCUT2D eigenvalue weighted by molar-refractivity contribution is 7.89. The summed E-state index contributed by atoms with van der Waals surface area (Å²) in [7, 11) is -3.40. The van der Waals surface area contributed by atoms with Crippen LogP contribution in [0.4, 0.5) is 4.39 Å². The summed E-state index contributed by atoms with van der Waals surface area (Å²) in [5, 5.41) is 0. The van der Waals surface area contributed by atoms with Crippen LogP contribution in [0.25, 0.3) is 0 Å². The van der Waals surface area contributed by atoms with E-state index in [0.29, 0.717) is 11.1 Å². The highest BCUT2D eigenvalue weighted by Gasteiger charge is 2.15. The van der Waals surface area contributed by atoms with E-state index in [1.54, 1.807) is 26.0 Å². The Morgan fingerprint density at radius 1 is 1.47 bits per heavy atom. The SMILES string of the molecule is Cc1ccc(C(C)NS(=O)(=O)CCN)cc1F. The lowest BCUT2D eigenvalue weighted by Gasteiger charge is -2.14. The number of benzene rings is 1. The summed E-state index contributed by atoms with van der Waals surface area (Å²) >= 11 is 0. The molecule has 3 N–H and O–H groups in total. The van der Waals surface area contributed by atoms with Gasteiger partial charge in [0.05, 0.1) is 5.75 Å². The topological polar surface area (TPSA) is 72.2 Å². The number of hydrogen-bond donors (Lipinski definition) is 2. The Bertz CT molecular complexity index is 488. The maximum atomic E-state index is 13.3. The Labute approximate surface area is 101 Å². The third-order valence-corrected chi connectivity index (χ3v) is 3.92. The molecular formula is C11H17FN2O2S. The van der Waals surface area contributed by atoms with Crippen molar-refractivity contribution < 1.29 is 12.8 Å². The van der Waals surface area contributed by atoms with Crippen LogP contribution in [0.3, 0.4) is 0 Å². The predicted molar refractivity (Wildman–Crippen MR) is 65.5 cm³/mol. The van der Waals surface area contributed by atoms with Crippen LogP contribution in [0.15, 0.2) is 18.2 Å². The molecule has 0 radical (unpaired) electrons. The molecule has 0 fully saturated rings. The Hall–Kier alpha value is -0.980. The predicted octanol–water partition coefficient (Wildman–Crippen LogP) is 1.07. The Morgan fingerprint density at radius 3 is 2.65 bits per heavy atom. The maximum absolute atomic E-state index is 13.3. The number of nitrogens with one attached hydrogen (secondary N) is 1. The molecule has 0 aliphatic heterocycles. The van der Waals surface area contributed by atoms with Gasteiger partial charge in [-0.25, -0.2) is 17.5 Å². The number of rotatable bonds is 5. The number of aryl methyl sites for hydroxylation is 1. The number of hydrogen-bond acceptors (Lipinski definition) is 3. The van der Waals surface area contributed by atoms with E-state index < -0.39 is 16.1 Å². The lowest BCUT2D eigenvalue weighted by molar-refractivity contribution is 0.564. The van der Waals surface area contributed by atoms with E-state index in [9.17, 15) is 12.8 Å². The molecule has 1 aromatic rings. The number of halogens is 1. The summed E-state index contributed by atoms with van der Waals surface area (Å²) in [5.41, 5.74) is 6.32. The van der Waals surface area contributed by atoms with Crippen molar-refractivity contribution in [3.63, 3.8) is 0 Å². The molecule has 0 saturated heterocycles. The second kappa shape index (κ2) is 5.57. The average molecular weight is 260 g/mol. The van der Waals surface area contributed by atoms with Gasteiger partial charge in [-0.3, -0.25) is 0 Å². The quantitative estimate of drug-likeness (QED) is 0.832. The minimum absolute atomic E-state index is 0.0598. The lowest BCUT2D eigenvalue weighted by Crippen LogP contribution is -2.31. The zero-order chi connectivity index (χ0) is 13.1. The van der Waals surface area contributed by atoms with Crippen molar-refractivity contribution in [2.45, 2.75) is 19.9 Å². The van der Waals surface area contributed by atoms with E-state index in [4.69, 9.17) is 5.73 Å². The molecule has 0 aliphatic carbocycles. The second-order valence-corrected chi connectivity index (χ2v) is 5.83. The van der Waals surface area contributed by atoms with Gasteiger partial charge in [0.25, 0.3) is 0 Å². The first-order valence-electron chi connectivity index (χ1n) is 5.32. The molecule has 1 unspecified atom stereocenters. The van der Waals surface area contributed by atoms with Gasteiger partial charge >= 0.3 is 0 Å². The van der Waals surface area contributed by atoms with E-state index in [2.05, 4.69) is 4.72 Å². The third-order valence-electron chi connectivity index (χ3n) is 2.44. The lowest BCUT2D eigenvalue weighted by atomic mass is 10.1. The first kappa shape index (κ1) is 14.1. The van der Waals surface area contributed by atoms with Crippen molar-refractivity contribution in [2.24, 2.45) is 5.73 Å². The highest BCUT2D eigenvalue weighted by Crippen LogP contribution is 2.16. The second-order valence-electron chi connectivity index (χ2n) is 3.96. The van der Waals surface area contributed by atoms with Gasteiger partial charge in [-0.05, 0) is 31.0 Å². The summed E-state index contributed by atoms with van der Waals surface area (Å²) in [5.74, 6) is -0.474. The minimum atomic E-state index is -3.40. The summed E-state index contributed by atoms with van der Waals surface area (Å²) in [6, 6.07) is 4.19. The van der Waals surface area contributed by atoms with Gasteiger partial charge < -0.3 is 5.73 Å². The molecule has 0 aliphatic rings. The molecule has 0 aromatic heterocycles. The van der Waals surface area contributed by atoms with Gasteiger partial charge in [0.15, 0.2) is 0 Å². The van der Waals surface area contributed by atoms with Crippen LogP contribution < -0.4 is 10.5 Å². The molecule has 1 atom stereocenters. The molecule has 17 heavy (non-hydrogen) atoms. The van der Waals surface area contributed by atoms with Gasteiger partial charge in [-0.1, -0.05) is 12.1 Å². The highest BCUT2D eigenvalue weighted by atomic mass is 32.2. The van der Waals surface area contributed by atoms with E-state index in [1.807, 2.05) is 0 Å². The van der Waals surface area contributed by atoms with Gasteiger partial charge in [-0.2, -0.15) is 0 Å². The van der Waals surface area contributed by atoms with E-state index in [-0.39, 0.29) is 18.1 Å². The zero-order valence-corrected chi connectivity index (χ0v) is 10.7. The van der Waals surface area contributed by atoms with Crippen molar-refractivity contribution in [1.82, 2.24) is 4.72 Å². The van der Waals surface area contributed by atoms with Crippen molar-refractivity contribution in [1.29, 1.82) is 0 Å². The van der Waals surface area contributed by atoms with Crippen LogP contribution in [0, 0.1) is 12.7 Å². The fraction of sp³-hybridized carbons (Fsp3) is 0.455. The molecule has 1 aromatic carbocycles. The normalized spacial score (nSPS) is 13.6.